The SMILES string of the molecule is CCCCC[C@H]1/C(=N\O)C[C@@H](c2ccccc2)[NH+](C)[C@H]1c1ccccc1. The number of rotatable bonds is 6. The third-order valence-electron chi connectivity index (χ3n) is 5.89. The number of nitrogens with zero attached hydrogens (tertiary/aromatic N) is 1. The number of unbranched alkanes of at least 4 members (excludes halogenated alkanes) is 2. The van der Waals surface area contributed by atoms with Crippen LogP contribution in [0.25, 0.3) is 0 Å². The summed E-state index contributed by atoms with van der Waals surface area (Å²) in [6.45, 7) is 2.24. The molecule has 1 aliphatic heterocycles. The largest absolute Gasteiger partial charge is 0.411 e. The highest BCUT2D eigenvalue weighted by atomic mass is 16.4. The Bertz CT molecular complexity index is 699. The molecule has 1 fully saturated rings. The summed E-state index contributed by atoms with van der Waals surface area (Å²) in [7, 11) is 2.30. The molecule has 0 bridgehead atoms. The molecule has 3 heteroatoms. The van der Waals surface area contributed by atoms with Crippen LogP contribution in [0.1, 0.15) is 62.2 Å². The third kappa shape index (κ3) is 3.99. The van der Waals surface area contributed by atoms with Crippen molar-refractivity contribution in [1.29, 1.82) is 0 Å². The van der Waals surface area contributed by atoms with Crippen molar-refractivity contribution >= 4 is 5.71 Å². The molecule has 0 amide bonds. The Morgan fingerprint density at radius 2 is 1.58 bits per heavy atom. The standard InChI is InChI=1S/C23H30N2O/c1-3-4-7-16-20-21(24-26)17-22(18-12-8-5-9-13-18)25(2)23(20)19-14-10-6-11-15-19/h5-6,8-15,20,22-23,26H,3-4,7,16-17H2,1-2H3/p+1/b24-21-/t20-,22-,23-/m0/s1. The molecule has 3 rings (SSSR count). The normalized spacial score (nSPS) is 27.5. The molecule has 2 aromatic carbocycles. The number of piperidine rings is 1. The Labute approximate surface area is 157 Å². The van der Waals surface area contributed by atoms with Crippen LogP contribution in [0.2, 0.25) is 0 Å². The molecule has 0 spiro atoms. The lowest BCUT2D eigenvalue weighted by Gasteiger charge is -2.42. The van der Waals surface area contributed by atoms with Gasteiger partial charge < -0.3 is 10.1 Å². The first-order chi connectivity index (χ1) is 12.8. The van der Waals surface area contributed by atoms with Gasteiger partial charge in [0, 0.05) is 17.5 Å². The van der Waals surface area contributed by atoms with Crippen molar-refractivity contribution in [3.8, 4) is 0 Å². The van der Waals surface area contributed by atoms with Gasteiger partial charge in [-0.25, -0.2) is 0 Å². The van der Waals surface area contributed by atoms with E-state index < -0.39 is 0 Å². The number of benzene rings is 2. The van der Waals surface area contributed by atoms with Gasteiger partial charge in [0.15, 0.2) is 0 Å². The Kier molecular flexibility index (Phi) is 6.45. The number of quaternary nitrogens is 1. The lowest BCUT2D eigenvalue weighted by molar-refractivity contribution is -0.949. The lowest BCUT2D eigenvalue weighted by Crippen LogP contribution is -3.11. The van der Waals surface area contributed by atoms with Gasteiger partial charge in [-0.15, -0.1) is 0 Å². The molecule has 26 heavy (non-hydrogen) atoms. The van der Waals surface area contributed by atoms with E-state index in [1.807, 2.05) is 0 Å². The predicted octanol–water partition coefficient (Wildman–Crippen LogP) is 4.41. The van der Waals surface area contributed by atoms with Crippen LogP contribution in [0.3, 0.4) is 0 Å². The van der Waals surface area contributed by atoms with Gasteiger partial charge in [-0.1, -0.05) is 92.0 Å². The Morgan fingerprint density at radius 1 is 0.962 bits per heavy atom. The maximum absolute atomic E-state index is 9.81. The van der Waals surface area contributed by atoms with E-state index in [0.29, 0.717) is 18.0 Å². The maximum atomic E-state index is 9.81. The molecule has 1 unspecified atom stereocenters. The fourth-order valence-corrected chi connectivity index (χ4v) is 4.53. The molecule has 1 heterocycles. The van der Waals surface area contributed by atoms with Crippen LogP contribution >= 0.6 is 0 Å². The topological polar surface area (TPSA) is 37.0 Å². The fourth-order valence-electron chi connectivity index (χ4n) is 4.53. The van der Waals surface area contributed by atoms with Crippen molar-refractivity contribution in [2.75, 3.05) is 7.05 Å². The van der Waals surface area contributed by atoms with Crippen molar-refractivity contribution in [3.05, 3.63) is 71.8 Å². The highest BCUT2D eigenvalue weighted by Crippen LogP contribution is 2.34. The summed E-state index contributed by atoms with van der Waals surface area (Å²) in [4.78, 5) is 1.50. The quantitative estimate of drug-likeness (QED) is 0.451. The van der Waals surface area contributed by atoms with E-state index in [-0.39, 0.29) is 0 Å². The lowest BCUT2D eigenvalue weighted by atomic mass is 9.76. The first-order valence-electron chi connectivity index (χ1n) is 9.90. The minimum atomic E-state index is 0.300. The van der Waals surface area contributed by atoms with Crippen LogP contribution in [0.4, 0.5) is 0 Å². The third-order valence-corrected chi connectivity index (χ3v) is 5.89. The van der Waals surface area contributed by atoms with Gasteiger partial charge in [-0.05, 0) is 6.42 Å². The summed E-state index contributed by atoms with van der Waals surface area (Å²) in [5.41, 5.74) is 3.63. The van der Waals surface area contributed by atoms with E-state index in [1.165, 1.54) is 35.3 Å². The molecule has 2 aromatic rings. The van der Waals surface area contributed by atoms with E-state index in [0.717, 1.165) is 18.6 Å². The van der Waals surface area contributed by atoms with Gasteiger partial charge in [0.25, 0.3) is 0 Å². The summed E-state index contributed by atoms with van der Waals surface area (Å²) in [6.07, 6.45) is 5.55. The van der Waals surface area contributed by atoms with E-state index in [9.17, 15) is 5.21 Å². The first-order valence-corrected chi connectivity index (χ1v) is 9.90. The number of hydrogen-bond donors (Lipinski definition) is 2. The molecule has 4 atom stereocenters. The second kappa shape index (κ2) is 9.00. The van der Waals surface area contributed by atoms with Gasteiger partial charge in [0.1, 0.15) is 12.1 Å². The molecule has 0 aromatic heterocycles. The molecule has 0 aliphatic carbocycles. The Hall–Kier alpha value is -2.13. The van der Waals surface area contributed by atoms with E-state index in [2.05, 4.69) is 79.8 Å². The van der Waals surface area contributed by atoms with Crippen molar-refractivity contribution in [2.45, 2.75) is 51.1 Å². The van der Waals surface area contributed by atoms with Crippen LogP contribution in [-0.4, -0.2) is 18.0 Å². The summed E-state index contributed by atoms with van der Waals surface area (Å²) in [5.74, 6) is 0.300. The van der Waals surface area contributed by atoms with Gasteiger partial charge in [0.2, 0.25) is 0 Å². The van der Waals surface area contributed by atoms with E-state index >= 15 is 0 Å². The van der Waals surface area contributed by atoms with Gasteiger partial charge in [-0.3, -0.25) is 0 Å². The van der Waals surface area contributed by atoms with Crippen molar-refractivity contribution in [3.63, 3.8) is 0 Å². The maximum Gasteiger partial charge on any atom is 0.122 e. The Balaban J connectivity index is 1.97. The molecule has 138 valence electrons. The number of nitrogens with one attached hydrogen (secondary N) is 1. The fraction of sp³-hybridized carbons (Fsp3) is 0.435. The molecule has 0 saturated carbocycles. The van der Waals surface area contributed by atoms with Crippen molar-refractivity contribution < 1.29 is 10.1 Å². The van der Waals surface area contributed by atoms with Gasteiger partial charge in [0.05, 0.1) is 18.7 Å². The van der Waals surface area contributed by atoms with Crippen LogP contribution in [0.5, 0.6) is 0 Å². The summed E-state index contributed by atoms with van der Waals surface area (Å²) >= 11 is 0. The molecule has 0 radical (unpaired) electrons. The Morgan fingerprint density at radius 3 is 2.15 bits per heavy atom. The zero-order chi connectivity index (χ0) is 18.4. The van der Waals surface area contributed by atoms with E-state index in [4.69, 9.17) is 0 Å². The van der Waals surface area contributed by atoms with Crippen LogP contribution in [0, 0.1) is 5.92 Å². The van der Waals surface area contributed by atoms with Gasteiger partial charge >= 0.3 is 0 Å². The van der Waals surface area contributed by atoms with Gasteiger partial charge in [-0.2, -0.15) is 0 Å². The molecular formula is C23H31N2O+. The average molecular weight is 352 g/mol. The summed E-state index contributed by atoms with van der Waals surface area (Å²) < 4.78 is 0. The second-order valence-electron chi connectivity index (χ2n) is 7.49. The zero-order valence-corrected chi connectivity index (χ0v) is 15.9. The predicted molar refractivity (Wildman–Crippen MR) is 107 cm³/mol. The number of oxime groups is 1. The molecule has 2 N–H and O–H groups in total. The van der Waals surface area contributed by atoms with Crippen LogP contribution in [-0.2, 0) is 0 Å². The van der Waals surface area contributed by atoms with E-state index in [1.54, 1.807) is 0 Å². The minimum absolute atomic E-state index is 0.300. The molecular weight excluding hydrogens is 320 g/mol. The highest BCUT2D eigenvalue weighted by Gasteiger charge is 2.44. The zero-order valence-electron chi connectivity index (χ0n) is 15.9. The number of likely N-dealkylation sites (tertiary alicyclic amines) is 1. The molecule has 3 nitrogen and oxygen atoms in total. The smallest absolute Gasteiger partial charge is 0.122 e. The first kappa shape index (κ1) is 18.7. The minimum Gasteiger partial charge on any atom is -0.411 e. The molecule has 1 aliphatic rings. The summed E-state index contributed by atoms with van der Waals surface area (Å²) in [5, 5.41) is 13.6. The average Bonchev–Trinajstić information content (AvgIpc) is 2.70. The molecule has 1 saturated heterocycles. The van der Waals surface area contributed by atoms with Crippen molar-refractivity contribution in [1.82, 2.24) is 0 Å². The second-order valence-corrected chi connectivity index (χ2v) is 7.49. The highest BCUT2D eigenvalue weighted by molar-refractivity contribution is 5.88. The number of hydrogen-bond acceptors (Lipinski definition) is 2. The summed E-state index contributed by atoms with van der Waals surface area (Å²) in [6, 6.07) is 22.0. The van der Waals surface area contributed by atoms with Crippen LogP contribution in [0.15, 0.2) is 65.8 Å². The van der Waals surface area contributed by atoms with Crippen LogP contribution < -0.4 is 4.90 Å². The monoisotopic (exact) mass is 351 g/mol. The van der Waals surface area contributed by atoms with Crippen molar-refractivity contribution in [2.24, 2.45) is 11.1 Å².